The Morgan fingerprint density at radius 3 is 2.90 bits per heavy atom. The van der Waals surface area contributed by atoms with Crippen LogP contribution >= 0.6 is 27.7 Å². The Balaban J connectivity index is 2.36. The zero-order valence-electron chi connectivity index (χ0n) is 10.8. The number of anilines is 1. The molecule has 0 spiro atoms. The number of esters is 1. The van der Waals surface area contributed by atoms with E-state index in [2.05, 4.69) is 20.9 Å². The lowest BCUT2D eigenvalue weighted by Crippen LogP contribution is -2.08. The zero-order chi connectivity index (χ0) is 14.5. The van der Waals surface area contributed by atoms with Crippen molar-refractivity contribution in [2.24, 2.45) is 0 Å². The van der Waals surface area contributed by atoms with Crippen molar-refractivity contribution in [1.82, 2.24) is 4.98 Å². The molecule has 0 radical (unpaired) electrons. The van der Waals surface area contributed by atoms with E-state index in [-0.39, 0.29) is 0 Å². The molecule has 2 N–H and O–H groups in total. The first-order valence-corrected chi connectivity index (χ1v) is 7.57. The van der Waals surface area contributed by atoms with Gasteiger partial charge in [0.15, 0.2) is 0 Å². The Kier molecular flexibility index (Phi) is 5.03. The van der Waals surface area contributed by atoms with Crippen molar-refractivity contribution in [2.75, 3.05) is 12.3 Å². The summed E-state index contributed by atoms with van der Waals surface area (Å²) in [6.45, 7) is 2.07. The van der Waals surface area contributed by atoms with Crippen LogP contribution in [0.4, 0.5) is 5.69 Å². The summed E-state index contributed by atoms with van der Waals surface area (Å²) in [7, 11) is 0. The number of hydrogen-bond acceptors (Lipinski definition) is 5. The molecular weight excluding hydrogens is 340 g/mol. The normalized spacial score (nSPS) is 10.3. The Bertz CT molecular complexity index is 634. The number of rotatable bonds is 4. The molecule has 1 heterocycles. The lowest BCUT2D eigenvalue weighted by Gasteiger charge is -2.09. The molecule has 104 valence electrons. The molecule has 1 aromatic carbocycles. The highest BCUT2D eigenvalue weighted by Gasteiger charge is 2.16. The van der Waals surface area contributed by atoms with Crippen LogP contribution in [-0.4, -0.2) is 17.6 Å². The Morgan fingerprint density at radius 2 is 2.20 bits per heavy atom. The molecule has 0 bridgehead atoms. The topological polar surface area (TPSA) is 65.2 Å². The average Bonchev–Trinajstić information content (AvgIpc) is 2.43. The van der Waals surface area contributed by atoms with Gasteiger partial charge in [-0.2, -0.15) is 0 Å². The molecular formula is C14H13BrN2O2S. The summed E-state index contributed by atoms with van der Waals surface area (Å²) in [6, 6.07) is 9.32. The highest BCUT2D eigenvalue weighted by molar-refractivity contribution is 9.10. The molecule has 0 aliphatic carbocycles. The molecule has 4 nitrogen and oxygen atoms in total. The maximum absolute atomic E-state index is 12.0. The first-order chi connectivity index (χ1) is 9.61. The summed E-state index contributed by atoms with van der Waals surface area (Å²) in [4.78, 5) is 17.2. The first-order valence-electron chi connectivity index (χ1n) is 5.97. The van der Waals surface area contributed by atoms with Crippen molar-refractivity contribution in [1.29, 1.82) is 0 Å². The Labute approximate surface area is 129 Å². The molecule has 6 heteroatoms. The molecule has 0 saturated heterocycles. The van der Waals surface area contributed by atoms with Crippen LogP contribution in [0.3, 0.4) is 0 Å². The molecule has 0 atom stereocenters. The van der Waals surface area contributed by atoms with Gasteiger partial charge < -0.3 is 10.5 Å². The minimum atomic E-state index is -0.415. The number of carbonyl (C=O) groups excluding carboxylic acids is 1. The summed E-state index contributed by atoms with van der Waals surface area (Å²) >= 11 is 4.86. The molecule has 0 aliphatic rings. The van der Waals surface area contributed by atoms with Gasteiger partial charge in [0.25, 0.3) is 0 Å². The smallest absolute Gasteiger partial charge is 0.340 e. The van der Waals surface area contributed by atoms with Crippen LogP contribution in [0.5, 0.6) is 0 Å². The lowest BCUT2D eigenvalue weighted by molar-refractivity contribution is 0.0521. The van der Waals surface area contributed by atoms with E-state index in [1.807, 2.05) is 24.3 Å². The number of benzene rings is 1. The minimum Gasteiger partial charge on any atom is -0.462 e. The van der Waals surface area contributed by atoms with Crippen LogP contribution in [0.2, 0.25) is 0 Å². The largest absolute Gasteiger partial charge is 0.462 e. The van der Waals surface area contributed by atoms with Crippen LogP contribution in [0.1, 0.15) is 17.3 Å². The summed E-state index contributed by atoms with van der Waals surface area (Å²) in [5.74, 6) is -0.415. The third-order valence-corrected chi connectivity index (χ3v) is 4.46. The van der Waals surface area contributed by atoms with Crippen molar-refractivity contribution >= 4 is 39.3 Å². The number of aromatic nitrogens is 1. The monoisotopic (exact) mass is 352 g/mol. The van der Waals surface area contributed by atoms with E-state index in [1.54, 1.807) is 13.0 Å². The van der Waals surface area contributed by atoms with Crippen molar-refractivity contribution < 1.29 is 9.53 Å². The molecule has 2 rings (SSSR count). The zero-order valence-corrected chi connectivity index (χ0v) is 13.2. The number of nitrogen functional groups attached to an aromatic ring is 1. The van der Waals surface area contributed by atoms with Crippen molar-refractivity contribution in [3.05, 3.63) is 46.6 Å². The summed E-state index contributed by atoms with van der Waals surface area (Å²) in [5, 5.41) is 0.574. The quantitative estimate of drug-likeness (QED) is 0.848. The predicted octanol–water partition coefficient (Wildman–Crippen LogP) is 3.75. The SMILES string of the molecule is CCOC(=O)c1cc(N)cnc1Sc1ccccc1Br. The fourth-order valence-corrected chi connectivity index (χ4v) is 2.94. The van der Waals surface area contributed by atoms with Gasteiger partial charge in [-0.15, -0.1) is 0 Å². The molecule has 2 aromatic rings. The number of carbonyl (C=O) groups is 1. The van der Waals surface area contributed by atoms with Gasteiger partial charge in [-0.25, -0.2) is 9.78 Å². The van der Waals surface area contributed by atoms with Gasteiger partial charge in [-0.1, -0.05) is 23.9 Å². The molecule has 0 unspecified atom stereocenters. The first kappa shape index (κ1) is 14.9. The minimum absolute atomic E-state index is 0.312. The number of nitrogens with zero attached hydrogens (tertiary/aromatic N) is 1. The molecule has 1 aromatic heterocycles. The van der Waals surface area contributed by atoms with Gasteiger partial charge in [0.2, 0.25) is 0 Å². The maximum Gasteiger partial charge on any atom is 0.340 e. The van der Waals surface area contributed by atoms with Crippen LogP contribution < -0.4 is 5.73 Å². The van der Waals surface area contributed by atoms with E-state index in [0.29, 0.717) is 22.9 Å². The molecule has 0 amide bonds. The van der Waals surface area contributed by atoms with Gasteiger partial charge in [-0.3, -0.25) is 0 Å². The highest BCUT2D eigenvalue weighted by atomic mass is 79.9. The van der Waals surface area contributed by atoms with Crippen molar-refractivity contribution in [3.8, 4) is 0 Å². The fourth-order valence-electron chi connectivity index (χ4n) is 1.54. The second-order valence-electron chi connectivity index (χ2n) is 3.87. The lowest BCUT2D eigenvalue weighted by atomic mass is 10.3. The maximum atomic E-state index is 12.0. The van der Waals surface area contributed by atoms with Crippen LogP contribution in [0, 0.1) is 0 Å². The van der Waals surface area contributed by atoms with Crippen LogP contribution in [0.15, 0.2) is 50.9 Å². The fraction of sp³-hybridized carbons (Fsp3) is 0.143. The number of hydrogen-bond donors (Lipinski definition) is 1. The van der Waals surface area contributed by atoms with Crippen LogP contribution in [0.25, 0.3) is 0 Å². The second kappa shape index (κ2) is 6.76. The van der Waals surface area contributed by atoms with Crippen molar-refractivity contribution in [3.63, 3.8) is 0 Å². The summed E-state index contributed by atoms with van der Waals surface area (Å²) in [5.41, 5.74) is 6.51. The van der Waals surface area contributed by atoms with Gasteiger partial charge in [-0.05, 0) is 41.1 Å². The third-order valence-electron chi connectivity index (χ3n) is 2.41. The van der Waals surface area contributed by atoms with E-state index < -0.39 is 5.97 Å². The number of ether oxygens (including phenoxy) is 1. The second-order valence-corrected chi connectivity index (χ2v) is 5.76. The molecule has 20 heavy (non-hydrogen) atoms. The van der Waals surface area contributed by atoms with Gasteiger partial charge in [0.05, 0.1) is 24.1 Å². The highest BCUT2D eigenvalue weighted by Crippen LogP contribution is 2.34. The van der Waals surface area contributed by atoms with E-state index >= 15 is 0 Å². The Hall–Kier alpha value is -1.53. The van der Waals surface area contributed by atoms with E-state index in [9.17, 15) is 4.79 Å². The van der Waals surface area contributed by atoms with Gasteiger partial charge in [0.1, 0.15) is 5.03 Å². The van der Waals surface area contributed by atoms with Crippen LogP contribution in [-0.2, 0) is 4.74 Å². The standard InChI is InChI=1S/C14H13BrN2O2S/c1-2-19-14(18)10-7-9(16)8-17-13(10)20-12-6-4-3-5-11(12)15/h3-8H,2,16H2,1H3. The van der Waals surface area contributed by atoms with Crippen molar-refractivity contribution in [2.45, 2.75) is 16.8 Å². The van der Waals surface area contributed by atoms with E-state index in [4.69, 9.17) is 10.5 Å². The molecule has 0 fully saturated rings. The Morgan fingerprint density at radius 1 is 1.45 bits per heavy atom. The average molecular weight is 353 g/mol. The predicted molar refractivity (Wildman–Crippen MR) is 82.9 cm³/mol. The number of nitrogens with two attached hydrogens (primary N) is 1. The number of halogens is 1. The van der Waals surface area contributed by atoms with Gasteiger partial charge in [0, 0.05) is 9.37 Å². The van der Waals surface area contributed by atoms with E-state index in [0.717, 1.165) is 9.37 Å². The molecule has 0 saturated carbocycles. The summed E-state index contributed by atoms with van der Waals surface area (Å²) < 4.78 is 5.97. The third kappa shape index (κ3) is 3.52. The summed E-state index contributed by atoms with van der Waals surface area (Å²) in [6.07, 6.45) is 1.53. The van der Waals surface area contributed by atoms with Gasteiger partial charge >= 0.3 is 5.97 Å². The number of pyridine rings is 1. The van der Waals surface area contributed by atoms with E-state index in [1.165, 1.54) is 18.0 Å². The molecule has 0 aliphatic heterocycles.